The van der Waals surface area contributed by atoms with E-state index in [1.807, 2.05) is 0 Å². The minimum Gasteiger partial charge on any atom is -0.508 e. The first-order valence-corrected chi connectivity index (χ1v) is 8.25. The number of hydrogen-bond donors (Lipinski definition) is 2. The van der Waals surface area contributed by atoms with Crippen molar-refractivity contribution in [3.05, 3.63) is 23.8 Å². The van der Waals surface area contributed by atoms with Crippen LogP contribution in [0, 0.1) is 12.8 Å². The van der Waals surface area contributed by atoms with E-state index in [1.54, 1.807) is 6.92 Å². The summed E-state index contributed by atoms with van der Waals surface area (Å²) in [6.07, 6.45) is 4.50. The number of carbonyl (C=O) groups is 1. The summed E-state index contributed by atoms with van der Waals surface area (Å²) in [7, 11) is -3.92. The first-order chi connectivity index (χ1) is 9.40. The topological polar surface area (TPSA) is 83.5 Å². The number of nitrogens with one attached hydrogen (secondary N) is 1. The number of aryl methyl sites for hydroxylation is 1. The number of sulfonamides is 1. The highest BCUT2D eigenvalue weighted by Crippen LogP contribution is 2.25. The Hall–Kier alpha value is -1.56. The van der Waals surface area contributed by atoms with Crippen molar-refractivity contribution in [3.63, 3.8) is 0 Å². The molecule has 1 aliphatic carbocycles. The largest absolute Gasteiger partial charge is 0.508 e. The predicted octanol–water partition coefficient (Wildman–Crippen LogP) is 2.09. The van der Waals surface area contributed by atoms with E-state index in [0.29, 0.717) is 5.56 Å². The molecule has 1 fully saturated rings. The lowest BCUT2D eigenvalue weighted by molar-refractivity contribution is -0.124. The highest BCUT2D eigenvalue weighted by atomic mass is 32.2. The van der Waals surface area contributed by atoms with Crippen LogP contribution in [0.5, 0.6) is 5.75 Å². The van der Waals surface area contributed by atoms with Gasteiger partial charge in [-0.2, -0.15) is 0 Å². The molecule has 1 amide bonds. The minimum absolute atomic E-state index is 0.0540. The molecular formula is C14H19NO4S. The van der Waals surface area contributed by atoms with Crippen molar-refractivity contribution >= 4 is 15.9 Å². The van der Waals surface area contributed by atoms with Crippen LogP contribution in [-0.4, -0.2) is 19.4 Å². The van der Waals surface area contributed by atoms with E-state index >= 15 is 0 Å². The van der Waals surface area contributed by atoms with Crippen molar-refractivity contribution in [2.45, 2.75) is 43.9 Å². The molecule has 20 heavy (non-hydrogen) atoms. The molecule has 0 bridgehead atoms. The van der Waals surface area contributed by atoms with E-state index in [-0.39, 0.29) is 16.6 Å². The maximum atomic E-state index is 12.2. The van der Waals surface area contributed by atoms with Crippen molar-refractivity contribution in [1.82, 2.24) is 4.72 Å². The molecule has 1 aromatic rings. The van der Waals surface area contributed by atoms with Crippen LogP contribution in [0.1, 0.15) is 37.7 Å². The number of aromatic hydroxyl groups is 1. The molecule has 1 aromatic carbocycles. The van der Waals surface area contributed by atoms with Gasteiger partial charge in [-0.3, -0.25) is 4.79 Å². The molecule has 0 aromatic heterocycles. The number of hydrogen-bond acceptors (Lipinski definition) is 4. The van der Waals surface area contributed by atoms with Gasteiger partial charge in [0.15, 0.2) is 0 Å². The predicted molar refractivity (Wildman–Crippen MR) is 74.7 cm³/mol. The third-order valence-corrected chi connectivity index (χ3v) is 5.16. The molecule has 5 nitrogen and oxygen atoms in total. The highest BCUT2D eigenvalue weighted by molar-refractivity contribution is 7.90. The van der Waals surface area contributed by atoms with E-state index < -0.39 is 15.9 Å². The van der Waals surface area contributed by atoms with Crippen molar-refractivity contribution in [2.24, 2.45) is 5.92 Å². The lowest BCUT2D eigenvalue weighted by Gasteiger charge is -2.20. The van der Waals surface area contributed by atoms with E-state index in [4.69, 9.17) is 0 Å². The van der Waals surface area contributed by atoms with Crippen LogP contribution in [0.15, 0.2) is 23.1 Å². The number of rotatable bonds is 3. The van der Waals surface area contributed by atoms with Crippen LogP contribution in [0.3, 0.4) is 0 Å². The molecule has 0 heterocycles. The van der Waals surface area contributed by atoms with Crippen LogP contribution in [0.25, 0.3) is 0 Å². The molecule has 0 atom stereocenters. The maximum absolute atomic E-state index is 12.2. The third kappa shape index (κ3) is 3.30. The smallest absolute Gasteiger partial charge is 0.264 e. The molecule has 2 rings (SSSR count). The highest BCUT2D eigenvalue weighted by Gasteiger charge is 2.26. The minimum atomic E-state index is -3.92. The second-order valence-corrected chi connectivity index (χ2v) is 6.91. The Bertz CT molecular complexity index is 604. The zero-order chi connectivity index (χ0) is 14.8. The van der Waals surface area contributed by atoms with Gasteiger partial charge >= 0.3 is 0 Å². The number of benzene rings is 1. The number of carbonyl (C=O) groups excluding carboxylic acids is 1. The standard InChI is InChI=1S/C14H19NO4S/c1-10-7-8-12(16)9-13(10)20(18,19)15-14(17)11-5-3-2-4-6-11/h7-9,11,16H,2-6H2,1H3,(H,15,17). The fourth-order valence-electron chi connectivity index (χ4n) is 2.51. The summed E-state index contributed by atoms with van der Waals surface area (Å²) < 4.78 is 26.6. The molecule has 6 heteroatoms. The first-order valence-electron chi connectivity index (χ1n) is 6.76. The lowest BCUT2D eigenvalue weighted by atomic mass is 9.89. The van der Waals surface area contributed by atoms with Gasteiger partial charge in [-0.25, -0.2) is 13.1 Å². The van der Waals surface area contributed by atoms with Crippen LogP contribution < -0.4 is 4.72 Å². The molecule has 0 aliphatic heterocycles. The molecular weight excluding hydrogens is 278 g/mol. The molecule has 2 N–H and O–H groups in total. The van der Waals surface area contributed by atoms with Gasteiger partial charge in [0, 0.05) is 12.0 Å². The molecule has 1 aliphatic rings. The Kier molecular flexibility index (Phi) is 4.32. The van der Waals surface area contributed by atoms with Crippen molar-refractivity contribution in [3.8, 4) is 5.75 Å². The Morgan fingerprint density at radius 2 is 1.90 bits per heavy atom. The summed E-state index contributed by atoms with van der Waals surface area (Å²) >= 11 is 0. The average molecular weight is 297 g/mol. The summed E-state index contributed by atoms with van der Waals surface area (Å²) in [4.78, 5) is 12.0. The number of phenolic OH excluding ortho intramolecular Hbond substituents is 1. The van der Waals surface area contributed by atoms with E-state index in [0.717, 1.165) is 38.2 Å². The Morgan fingerprint density at radius 3 is 2.55 bits per heavy atom. The number of amides is 1. The van der Waals surface area contributed by atoms with E-state index in [9.17, 15) is 18.3 Å². The SMILES string of the molecule is Cc1ccc(O)cc1S(=O)(=O)NC(=O)C1CCCCC1. The van der Waals surface area contributed by atoms with Crippen LogP contribution in [0.2, 0.25) is 0 Å². The van der Waals surface area contributed by atoms with Crippen LogP contribution >= 0.6 is 0 Å². The monoisotopic (exact) mass is 297 g/mol. The van der Waals surface area contributed by atoms with Gasteiger partial charge in [-0.05, 0) is 31.4 Å². The quantitative estimate of drug-likeness (QED) is 0.894. The summed E-state index contributed by atoms with van der Waals surface area (Å²) in [5.74, 6) is -0.801. The zero-order valence-electron chi connectivity index (χ0n) is 11.4. The van der Waals surface area contributed by atoms with E-state index in [2.05, 4.69) is 4.72 Å². The molecule has 0 radical (unpaired) electrons. The van der Waals surface area contributed by atoms with Crippen molar-refractivity contribution in [1.29, 1.82) is 0 Å². The van der Waals surface area contributed by atoms with Crippen LogP contribution in [0.4, 0.5) is 0 Å². The summed E-state index contributed by atoms with van der Waals surface area (Å²) in [5, 5.41) is 9.41. The fraction of sp³-hybridized carbons (Fsp3) is 0.500. The van der Waals surface area contributed by atoms with Crippen LogP contribution in [-0.2, 0) is 14.8 Å². The molecule has 110 valence electrons. The lowest BCUT2D eigenvalue weighted by Crippen LogP contribution is -2.36. The molecule has 0 spiro atoms. The van der Waals surface area contributed by atoms with Gasteiger partial charge in [-0.1, -0.05) is 25.3 Å². The zero-order valence-corrected chi connectivity index (χ0v) is 12.2. The Balaban J connectivity index is 2.18. The fourth-order valence-corrected chi connectivity index (χ4v) is 3.82. The van der Waals surface area contributed by atoms with Gasteiger partial charge in [0.05, 0.1) is 4.90 Å². The van der Waals surface area contributed by atoms with Gasteiger partial charge in [0.25, 0.3) is 10.0 Å². The van der Waals surface area contributed by atoms with Crippen molar-refractivity contribution < 1.29 is 18.3 Å². The second kappa shape index (κ2) is 5.83. The molecule has 0 unspecified atom stereocenters. The van der Waals surface area contributed by atoms with Gasteiger partial charge in [0.1, 0.15) is 5.75 Å². The second-order valence-electron chi connectivity index (χ2n) is 5.25. The summed E-state index contributed by atoms with van der Waals surface area (Å²) in [6, 6.07) is 4.08. The normalized spacial score (nSPS) is 16.9. The van der Waals surface area contributed by atoms with E-state index in [1.165, 1.54) is 12.1 Å². The summed E-state index contributed by atoms with van der Waals surface area (Å²) in [6.45, 7) is 1.62. The van der Waals surface area contributed by atoms with Crippen molar-refractivity contribution in [2.75, 3.05) is 0 Å². The van der Waals surface area contributed by atoms with Gasteiger partial charge in [0.2, 0.25) is 5.91 Å². The first kappa shape index (κ1) is 14.8. The van der Waals surface area contributed by atoms with Gasteiger partial charge in [-0.15, -0.1) is 0 Å². The molecule has 1 saturated carbocycles. The average Bonchev–Trinajstić information content (AvgIpc) is 2.42. The van der Waals surface area contributed by atoms with Gasteiger partial charge < -0.3 is 5.11 Å². The number of phenols is 1. The Morgan fingerprint density at radius 1 is 1.25 bits per heavy atom. The third-order valence-electron chi connectivity index (χ3n) is 3.67. The molecule has 0 saturated heterocycles. The Labute approximate surface area is 119 Å². The maximum Gasteiger partial charge on any atom is 0.264 e. The summed E-state index contributed by atoms with van der Waals surface area (Å²) in [5.41, 5.74) is 0.492.